The first-order valence-electron chi connectivity index (χ1n) is 9.99. The number of carbonyl (C=O) groups is 1. The largest absolute Gasteiger partial charge is 0.385 e. The van der Waals surface area contributed by atoms with Crippen molar-refractivity contribution in [3.8, 4) is 0 Å². The maximum atomic E-state index is 13.1. The zero-order valence-corrected chi connectivity index (χ0v) is 17.0. The van der Waals surface area contributed by atoms with E-state index in [1.54, 1.807) is 12.1 Å². The van der Waals surface area contributed by atoms with E-state index in [1.165, 1.54) is 0 Å². The van der Waals surface area contributed by atoms with Crippen molar-refractivity contribution >= 4 is 17.5 Å². The molecule has 150 valence electrons. The standard InChI is InChI=1S/C24H25ClN2O2/c25-21-10-8-20(9-11-21)24(29)12-16-27(17-13-24)23(28)18-22(26-14-4-5-15-26)19-6-2-1-3-7-19/h1-11,14-15,22,29H,12-13,16-18H2. The number of carbonyl (C=O) groups excluding carboxylic acids is 1. The van der Waals surface area contributed by atoms with Gasteiger partial charge in [-0.05, 0) is 48.2 Å². The molecule has 0 saturated carbocycles. The van der Waals surface area contributed by atoms with Crippen LogP contribution in [0.25, 0.3) is 0 Å². The van der Waals surface area contributed by atoms with Crippen molar-refractivity contribution in [1.82, 2.24) is 9.47 Å². The monoisotopic (exact) mass is 408 g/mol. The third-order valence-electron chi connectivity index (χ3n) is 5.86. The molecule has 1 fully saturated rings. The molecule has 1 unspecified atom stereocenters. The van der Waals surface area contributed by atoms with E-state index in [1.807, 2.05) is 59.8 Å². The Morgan fingerprint density at radius 3 is 2.21 bits per heavy atom. The van der Waals surface area contributed by atoms with Gasteiger partial charge in [-0.1, -0.05) is 54.1 Å². The topological polar surface area (TPSA) is 45.5 Å². The number of likely N-dealkylation sites (tertiary alicyclic amines) is 1. The maximum Gasteiger partial charge on any atom is 0.225 e. The molecule has 5 heteroatoms. The Labute approximate surface area is 176 Å². The molecule has 1 aliphatic heterocycles. The third kappa shape index (κ3) is 4.39. The van der Waals surface area contributed by atoms with Crippen molar-refractivity contribution in [2.24, 2.45) is 0 Å². The molecule has 1 atom stereocenters. The molecule has 0 bridgehead atoms. The molecule has 0 radical (unpaired) electrons. The fourth-order valence-corrected chi connectivity index (χ4v) is 4.22. The van der Waals surface area contributed by atoms with Crippen LogP contribution >= 0.6 is 11.6 Å². The van der Waals surface area contributed by atoms with Gasteiger partial charge in [0.05, 0.1) is 18.1 Å². The number of rotatable bonds is 5. The molecular formula is C24H25ClN2O2. The van der Waals surface area contributed by atoms with Crippen molar-refractivity contribution in [1.29, 1.82) is 0 Å². The zero-order chi connectivity index (χ0) is 20.3. The second-order valence-electron chi connectivity index (χ2n) is 7.68. The predicted molar refractivity (Wildman–Crippen MR) is 115 cm³/mol. The highest BCUT2D eigenvalue weighted by atomic mass is 35.5. The van der Waals surface area contributed by atoms with E-state index < -0.39 is 5.60 Å². The van der Waals surface area contributed by atoms with Gasteiger partial charge in [0.2, 0.25) is 5.91 Å². The molecule has 4 rings (SSSR count). The number of hydrogen-bond donors (Lipinski definition) is 1. The lowest BCUT2D eigenvalue weighted by Gasteiger charge is -2.39. The first-order chi connectivity index (χ1) is 14.0. The van der Waals surface area contributed by atoms with Crippen molar-refractivity contribution < 1.29 is 9.90 Å². The Morgan fingerprint density at radius 2 is 1.59 bits per heavy atom. The van der Waals surface area contributed by atoms with Crippen LogP contribution in [0.2, 0.25) is 5.02 Å². The Morgan fingerprint density at radius 1 is 0.966 bits per heavy atom. The minimum Gasteiger partial charge on any atom is -0.385 e. The van der Waals surface area contributed by atoms with Crippen LogP contribution in [0, 0.1) is 0 Å². The lowest BCUT2D eigenvalue weighted by molar-refractivity contribution is -0.136. The summed E-state index contributed by atoms with van der Waals surface area (Å²) in [5, 5.41) is 11.7. The smallest absolute Gasteiger partial charge is 0.225 e. The van der Waals surface area contributed by atoms with Crippen LogP contribution in [0.1, 0.15) is 36.4 Å². The molecular weight excluding hydrogens is 384 g/mol. The van der Waals surface area contributed by atoms with Crippen LogP contribution in [0.4, 0.5) is 0 Å². The SMILES string of the molecule is O=C(CC(c1ccccc1)n1cccc1)N1CCC(O)(c2ccc(Cl)cc2)CC1. The Kier molecular flexibility index (Phi) is 5.74. The van der Waals surface area contributed by atoms with Gasteiger partial charge in [-0.15, -0.1) is 0 Å². The van der Waals surface area contributed by atoms with Gasteiger partial charge in [0.15, 0.2) is 0 Å². The number of benzene rings is 2. The second-order valence-corrected chi connectivity index (χ2v) is 8.12. The van der Waals surface area contributed by atoms with Crippen LogP contribution in [0.3, 0.4) is 0 Å². The Hall–Kier alpha value is -2.56. The van der Waals surface area contributed by atoms with E-state index in [0.717, 1.165) is 11.1 Å². The summed E-state index contributed by atoms with van der Waals surface area (Å²) in [6.45, 7) is 1.09. The van der Waals surface area contributed by atoms with Gasteiger partial charge < -0.3 is 14.6 Å². The number of piperidine rings is 1. The van der Waals surface area contributed by atoms with E-state index in [0.29, 0.717) is 37.4 Å². The lowest BCUT2D eigenvalue weighted by atomic mass is 9.84. The first-order valence-corrected chi connectivity index (χ1v) is 10.4. The number of halogens is 1. The summed E-state index contributed by atoms with van der Waals surface area (Å²) in [6.07, 6.45) is 5.46. The first kappa shape index (κ1) is 19.7. The van der Waals surface area contributed by atoms with Crippen LogP contribution in [-0.2, 0) is 10.4 Å². The number of amides is 1. The molecule has 2 heterocycles. The summed E-state index contributed by atoms with van der Waals surface area (Å²) in [5.41, 5.74) is 1.08. The van der Waals surface area contributed by atoms with Crippen molar-refractivity contribution in [2.45, 2.75) is 30.9 Å². The predicted octanol–water partition coefficient (Wildman–Crippen LogP) is 4.63. The quantitative estimate of drug-likeness (QED) is 0.668. The summed E-state index contributed by atoms with van der Waals surface area (Å²) in [5.74, 6) is 0.116. The fraction of sp³-hybridized carbons (Fsp3) is 0.292. The number of aliphatic hydroxyl groups is 1. The molecule has 1 aliphatic rings. The summed E-state index contributed by atoms with van der Waals surface area (Å²) >= 11 is 5.97. The average Bonchev–Trinajstić information content (AvgIpc) is 3.28. The van der Waals surface area contributed by atoms with E-state index in [9.17, 15) is 9.90 Å². The molecule has 0 spiro atoms. The molecule has 1 aromatic heterocycles. The van der Waals surface area contributed by atoms with E-state index in [2.05, 4.69) is 16.7 Å². The van der Waals surface area contributed by atoms with Crippen LogP contribution in [0.5, 0.6) is 0 Å². The zero-order valence-electron chi connectivity index (χ0n) is 16.2. The van der Waals surface area contributed by atoms with Crippen molar-refractivity contribution in [3.63, 3.8) is 0 Å². The Bertz CT molecular complexity index is 931. The maximum absolute atomic E-state index is 13.1. The van der Waals surface area contributed by atoms with Crippen LogP contribution in [-0.4, -0.2) is 33.6 Å². The van der Waals surface area contributed by atoms with E-state index in [4.69, 9.17) is 11.6 Å². The average molecular weight is 409 g/mol. The molecule has 29 heavy (non-hydrogen) atoms. The summed E-state index contributed by atoms with van der Waals surface area (Å²) in [4.78, 5) is 15.0. The molecule has 3 aromatic rings. The molecule has 1 saturated heterocycles. The summed E-state index contributed by atoms with van der Waals surface area (Å²) in [7, 11) is 0. The number of aromatic nitrogens is 1. The molecule has 1 amide bonds. The lowest BCUT2D eigenvalue weighted by Crippen LogP contribution is -2.45. The molecule has 1 N–H and O–H groups in total. The molecule has 0 aliphatic carbocycles. The number of hydrogen-bond acceptors (Lipinski definition) is 2. The van der Waals surface area contributed by atoms with Crippen LogP contribution in [0.15, 0.2) is 79.1 Å². The van der Waals surface area contributed by atoms with Gasteiger partial charge in [-0.3, -0.25) is 4.79 Å². The van der Waals surface area contributed by atoms with Crippen molar-refractivity contribution in [3.05, 3.63) is 95.3 Å². The summed E-state index contributed by atoms with van der Waals surface area (Å²) < 4.78 is 2.08. The van der Waals surface area contributed by atoms with Gasteiger partial charge in [0.25, 0.3) is 0 Å². The van der Waals surface area contributed by atoms with Crippen LogP contribution < -0.4 is 0 Å². The molecule has 2 aromatic carbocycles. The summed E-state index contributed by atoms with van der Waals surface area (Å²) in [6, 6.07) is 21.4. The second kappa shape index (κ2) is 8.44. The van der Waals surface area contributed by atoms with Gasteiger partial charge in [0.1, 0.15) is 0 Å². The number of nitrogens with zero attached hydrogens (tertiary/aromatic N) is 2. The minimum absolute atomic E-state index is 0.0317. The fourth-order valence-electron chi connectivity index (χ4n) is 4.10. The third-order valence-corrected chi connectivity index (χ3v) is 6.12. The molecule has 4 nitrogen and oxygen atoms in total. The van der Waals surface area contributed by atoms with Gasteiger partial charge in [-0.2, -0.15) is 0 Å². The van der Waals surface area contributed by atoms with Gasteiger partial charge in [-0.25, -0.2) is 0 Å². The van der Waals surface area contributed by atoms with E-state index in [-0.39, 0.29) is 11.9 Å². The highest BCUT2D eigenvalue weighted by molar-refractivity contribution is 6.30. The van der Waals surface area contributed by atoms with Gasteiger partial charge in [0, 0.05) is 30.5 Å². The highest BCUT2D eigenvalue weighted by Crippen LogP contribution is 2.34. The highest BCUT2D eigenvalue weighted by Gasteiger charge is 2.35. The minimum atomic E-state index is -0.902. The van der Waals surface area contributed by atoms with E-state index >= 15 is 0 Å². The normalized spacial score (nSPS) is 17.1. The Balaban J connectivity index is 1.44. The van der Waals surface area contributed by atoms with Gasteiger partial charge >= 0.3 is 0 Å². The van der Waals surface area contributed by atoms with Crippen molar-refractivity contribution in [2.75, 3.05) is 13.1 Å².